The first-order valence-corrected chi connectivity index (χ1v) is 9.51. The van der Waals surface area contributed by atoms with E-state index in [0.717, 1.165) is 10.8 Å². The Morgan fingerprint density at radius 1 is 1.10 bits per heavy atom. The first-order chi connectivity index (χ1) is 13.9. The zero-order chi connectivity index (χ0) is 20.1. The standard InChI is InChI=1S/C22H18N2O5/c1-21-15-16(22(29-21)9-10-28-18(22)17(21)25)20(27)24(19(15)26)14-8-7-13(23-2)11-5-3-4-6-12(11)14/h3-8,17-18,25-27H,9-10H2,1H3/t17-,18+,21?,22?/m0/s1. The van der Waals surface area contributed by atoms with Crippen LogP contribution in [0.15, 0.2) is 36.4 Å². The molecule has 6 rings (SSSR count). The van der Waals surface area contributed by atoms with E-state index < -0.39 is 23.4 Å². The number of hydrogen-bond acceptors (Lipinski definition) is 5. The summed E-state index contributed by atoms with van der Waals surface area (Å²) >= 11 is 0. The highest BCUT2D eigenvalue weighted by molar-refractivity contribution is 6.00. The molecule has 2 bridgehead atoms. The molecule has 2 unspecified atom stereocenters. The van der Waals surface area contributed by atoms with E-state index in [2.05, 4.69) is 4.85 Å². The molecule has 0 radical (unpaired) electrons. The van der Waals surface area contributed by atoms with Gasteiger partial charge in [-0.05, 0) is 23.8 Å². The molecular weight excluding hydrogens is 372 g/mol. The minimum Gasteiger partial charge on any atom is -0.494 e. The summed E-state index contributed by atoms with van der Waals surface area (Å²) in [4.78, 5) is 3.57. The average molecular weight is 390 g/mol. The molecule has 3 N–H and O–H groups in total. The Kier molecular flexibility index (Phi) is 2.97. The number of fused-ring (bicyclic) bond motifs is 4. The highest BCUT2D eigenvalue weighted by atomic mass is 16.6. The minimum atomic E-state index is -1.17. The number of aliphatic hydroxyl groups excluding tert-OH is 1. The monoisotopic (exact) mass is 390 g/mol. The molecule has 0 aliphatic carbocycles. The van der Waals surface area contributed by atoms with Crippen LogP contribution in [0.1, 0.15) is 24.5 Å². The second-order valence-corrected chi connectivity index (χ2v) is 8.08. The Bertz CT molecular complexity index is 1260. The largest absolute Gasteiger partial charge is 0.494 e. The van der Waals surface area contributed by atoms with Crippen LogP contribution in [-0.4, -0.2) is 38.7 Å². The lowest BCUT2D eigenvalue weighted by Gasteiger charge is -2.29. The van der Waals surface area contributed by atoms with Gasteiger partial charge in [-0.25, -0.2) is 4.85 Å². The molecule has 1 aromatic heterocycles. The van der Waals surface area contributed by atoms with Gasteiger partial charge in [0, 0.05) is 6.42 Å². The Labute approximate surface area is 166 Å². The number of aliphatic hydroxyl groups is 1. The van der Waals surface area contributed by atoms with Crippen LogP contribution >= 0.6 is 0 Å². The van der Waals surface area contributed by atoms with Crippen LogP contribution in [0, 0.1) is 6.57 Å². The molecule has 3 aromatic rings. The van der Waals surface area contributed by atoms with E-state index in [9.17, 15) is 15.3 Å². The van der Waals surface area contributed by atoms with E-state index in [1.807, 2.05) is 24.3 Å². The summed E-state index contributed by atoms with van der Waals surface area (Å²) in [6, 6.07) is 10.8. The maximum atomic E-state index is 11.3. The summed E-state index contributed by atoms with van der Waals surface area (Å²) in [5.41, 5.74) is -0.188. The number of rotatable bonds is 1. The molecule has 29 heavy (non-hydrogen) atoms. The normalized spacial score (nSPS) is 31.8. The van der Waals surface area contributed by atoms with Crippen LogP contribution in [0.25, 0.3) is 21.3 Å². The molecule has 2 saturated heterocycles. The maximum absolute atomic E-state index is 11.3. The van der Waals surface area contributed by atoms with Gasteiger partial charge < -0.3 is 24.8 Å². The van der Waals surface area contributed by atoms with Crippen molar-refractivity contribution >= 4 is 16.5 Å². The molecule has 0 saturated carbocycles. The molecule has 3 aliphatic rings. The molecule has 146 valence electrons. The zero-order valence-corrected chi connectivity index (χ0v) is 15.6. The summed E-state index contributed by atoms with van der Waals surface area (Å²) in [6.07, 6.45) is -1.03. The quantitative estimate of drug-likeness (QED) is 0.556. The van der Waals surface area contributed by atoms with Crippen LogP contribution < -0.4 is 0 Å². The third kappa shape index (κ3) is 1.70. The highest BCUT2D eigenvalue weighted by Gasteiger charge is 2.73. The molecule has 7 nitrogen and oxygen atoms in total. The fourth-order valence-electron chi connectivity index (χ4n) is 5.52. The van der Waals surface area contributed by atoms with Gasteiger partial charge in [-0.1, -0.05) is 30.3 Å². The lowest BCUT2D eigenvalue weighted by molar-refractivity contribution is -0.101. The van der Waals surface area contributed by atoms with Crippen molar-refractivity contribution < 1.29 is 24.8 Å². The van der Waals surface area contributed by atoms with E-state index >= 15 is 0 Å². The molecular formula is C22H18N2O5. The second-order valence-electron chi connectivity index (χ2n) is 8.08. The second kappa shape index (κ2) is 5.10. The topological polar surface area (TPSA) is 88.4 Å². The van der Waals surface area contributed by atoms with Gasteiger partial charge in [0.2, 0.25) is 11.8 Å². The smallest absolute Gasteiger partial charge is 0.205 e. The number of hydrogen-bond donors (Lipinski definition) is 3. The van der Waals surface area contributed by atoms with Crippen LogP contribution in [0.2, 0.25) is 0 Å². The van der Waals surface area contributed by atoms with E-state index in [0.29, 0.717) is 35.5 Å². The Hall–Kier alpha value is -3.05. The third-order valence-electron chi connectivity index (χ3n) is 6.76. The van der Waals surface area contributed by atoms with Gasteiger partial charge in [-0.2, -0.15) is 0 Å². The zero-order valence-electron chi connectivity index (χ0n) is 15.6. The van der Waals surface area contributed by atoms with Gasteiger partial charge in [-0.3, -0.25) is 4.57 Å². The van der Waals surface area contributed by atoms with Gasteiger partial charge in [-0.15, -0.1) is 0 Å². The van der Waals surface area contributed by atoms with Crippen molar-refractivity contribution in [1.82, 2.24) is 4.57 Å². The fourth-order valence-corrected chi connectivity index (χ4v) is 5.52. The molecule has 3 aliphatic heterocycles. The molecule has 2 aromatic carbocycles. The summed E-state index contributed by atoms with van der Waals surface area (Å²) in [5, 5.41) is 34.8. The van der Waals surface area contributed by atoms with Crippen molar-refractivity contribution in [2.45, 2.75) is 36.8 Å². The molecule has 4 atom stereocenters. The van der Waals surface area contributed by atoms with Crippen molar-refractivity contribution in [2.24, 2.45) is 0 Å². The molecule has 1 spiro atoms. The lowest BCUT2D eigenvalue weighted by Crippen LogP contribution is -2.43. The van der Waals surface area contributed by atoms with Crippen molar-refractivity contribution in [1.29, 1.82) is 0 Å². The van der Waals surface area contributed by atoms with E-state index in [1.165, 1.54) is 4.57 Å². The van der Waals surface area contributed by atoms with Crippen LogP contribution in [0.3, 0.4) is 0 Å². The van der Waals surface area contributed by atoms with Gasteiger partial charge in [0.05, 0.1) is 30.0 Å². The van der Waals surface area contributed by atoms with Crippen LogP contribution in [0.5, 0.6) is 11.8 Å². The van der Waals surface area contributed by atoms with E-state index in [-0.39, 0.29) is 11.8 Å². The van der Waals surface area contributed by atoms with E-state index in [1.54, 1.807) is 19.1 Å². The van der Waals surface area contributed by atoms with Crippen molar-refractivity contribution in [3.63, 3.8) is 0 Å². The molecule has 4 heterocycles. The minimum absolute atomic E-state index is 0.121. The third-order valence-corrected chi connectivity index (χ3v) is 6.76. The van der Waals surface area contributed by atoms with Crippen molar-refractivity contribution in [3.05, 3.63) is 58.9 Å². The SMILES string of the molecule is [C-]#[N+]c1ccc(-n2c(O)c3c(c2O)C24CCO[C@@H]2[C@H](O)C3(C)O4)c2ccccc12. The number of aromatic hydroxyl groups is 2. The van der Waals surface area contributed by atoms with Crippen LogP contribution in [-0.2, 0) is 20.7 Å². The summed E-state index contributed by atoms with van der Waals surface area (Å²) < 4.78 is 13.3. The highest BCUT2D eigenvalue weighted by Crippen LogP contribution is 2.67. The fraction of sp³-hybridized carbons (Fsp3) is 0.318. The number of ether oxygens (including phenoxy) is 2. The number of aromatic nitrogens is 1. The Morgan fingerprint density at radius 3 is 2.59 bits per heavy atom. The average Bonchev–Trinajstić information content (AvgIpc) is 3.39. The van der Waals surface area contributed by atoms with Crippen molar-refractivity contribution in [3.8, 4) is 17.4 Å². The predicted octanol–water partition coefficient (Wildman–Crippen LogP) is 3.20. The number of benzene rings is 2. The lowest BCUT2D eigenvalue weighted by atomic mass is 9.75. The Morgan fingerprint density at radius 2 is 1.83 bits per heavy atom. The van der Waals surface area contributed by atoms with Gasteiger partial charge >= 0.3 is 0 Å². The summed E-state index contributed by atoms with van der Waals surface area (Å²) in [5.74, 6) is -0.286. The van der Waals surface area contributed by atoms with Gasteiger partial charge in [0.25, 0.3) is 0 Å². The summed E-state index contributed by atoms with van der Waals surface area (Å²) in [7, 11) is 0. The van der Waals surface area contributed by atoms with Gasteiger partial charge in [0.1, 0.15) is 23.4 Å². The Balaban J connectivity index is 1.69. The predicted molar refractivity (Wildman–Crippen MR) is 103 cm³/mol. The first kappa shape index (κ1) is 16.9. The van der Waals surface area contributed by atoms with E-state index in [4.69, 9.17) is 16.0 Å². The summed E-state index contributed by atoms with van der Waals surface area (Å²) in [6.45, 7) is 9.54. The maximum Gasteiger partial charge on any atom is 0.205 e. The van der Waals surface area contributed by atoms with Crippen LogP contribution in [0.4, 0.5) is 5.69 Å². The molecule has 2 fully saturated rings. The molecule has 0 amide bonds. The molecule has 7 heteroatoms. The number of nitrogens with zero attached hydrogens (tertiary/aromatic N) is 2. The van der Waals surface area contributed by atoms with Gasteiger partial charge in [0.15, 0.2) is 5.69 Å². The first-order valence-electron chi connectivity index (χ1n) is 9.51. The van der Waals surface area contributed by atoms with Crippen molar-refractivity contribution in [2.75, 3.05) is 6.61 Å².